The van der Waals surface area contributed by atoms with Crippen molar-refractivity contribution < 1.29 is 9.72 Å². The number of amides is 1. The average molecular weight is 239 g/mol. The van der Waals surface area contributed by atoms with E-state index in [9.17, 15) is 19.7 Å². The van der Waals surface area contributed by atoms with Gasteiger partial charge >= 0.3 is 0 Å². The quantitative estimate of drug-likeness (QED) is 0.619. The Labute approximate surface area is 97.2 Å². The summed E-state index contributed by atoms with van der Waals surface area (Å²) < 4.78 is 0. The summed E-state index contributed by atoms with van der Waals surface area (Å²) in [6.07, 6.45) is 0.974. The van der Waals surface area contributed by atoms with Gasteiger partial charge in [0.2, 0.25) is 0 Å². The average Bonchev–Trinajstić information content (AvgIpc) is 2.30. The highest BCUT2D eigenvalue weighted by Crippen LogP contribution is 2.09. The number of H-pyrrole nitrogens is 1. The van der Waals surface area contributed by atoms with Gasteiger partial charge in [0, 0.05) is 19.2 Å². The smallest absolute Gasteiger partial charge is 0.286 e. The Kier molecular flexibility index (Phi) is 3.97. The van der Waals surface area contributed by atoms with Crippen molar-refractivity contribution in [3.05, 3.63) is 38.3 Å². The molecule has 0 bridgehead atoms. The van der Waals surface area contributed by atoms with Gasteiger partial charge in [-0.1, -0.05) is 0 Å². The molecule has 0 aliphatic rings. The van der Waals surface area contributed by atoms with Crippen LogP contribution < -0.4 is 5.56 Å². The van der Waals surface area contributed by atoms with E-state index in [-0.39, 0.29) is 11.3 Å². The summed E-state index contributed by atoms with van der Waals surface area (Å²) in [5.41, 5.74) is -1.13. The molecule has 1 aromatic heterocycles. The number of hydrogen-bond acceptors (Lipinski definition) is 4. The molecule has 1 aromatic rings. The van der Waals surface area contributed by atoms with E-state index in [4.69, 9.17) is 0 Å². The zero-order valence-corrected chi connectivity index (χ0v) is 9.60. The van der Waals surface area contributed by atoms with Gasteiger partial charge in [0.05, 0.1) is 11.1 Å². The van der Waals surface area contributed by atoms with E-state index in [1.54, 1.807) is 13.8 Å². The molecule has 0 aliphatic carbocycles. The van der Waals surface area contributed by atoms with Crippen LogP contribution in [0, 0.1) is 10.1 Å². The molecule has 92 valence electrons. The molecular formula is C10H13N3O4. The second-order valence-electron chi connectivity index (χ2n) is 3.34. The maximum Gasteiger partial charge on any atom is 0.286 e. The highest BCUT2D eigenvalue weighted by Gasteiger charge is 2.19. The van der Waals surface area contributed by atoms with Crippen LogP contribution in [-0.4, -0.2) is 33.8 Å². The molecule has 0 aromatic carbocycles. The Hall–Kier alpha value is -2.18. The Morgan fingerprint density at radius 3 is 2.53 bits per heavy atom. The van der Waals surface area contributed by atoms with E-state index in [0.29, 0.717) is 13.1 Å². The zero-order valence-electron chi connectivity index (χ0n) is 9.60. The van der Waals surface area contributed by atoms with Crippen molar-refractivity contribution in [3.63, 3.8) is 0 Å². The Morgan fingerprint density at radius 2 is 2.06 bits per heavy atom. The van der Waals surface area contributed by atoms with Gasteiger partial charge in [-0.25, -0.2) is 0 Å². The molecular weight excluding hydrogens is 226 g/mol. The largest absolute Gasteiger partial charge is 0.339 e. The number of nitrogens with one attached hydrogen (secondary N) is 1. The molecule has 1 rings (SSSR count). The van der Waals surface area contributed by atoms with Crippen molar-refractivity contribution in [2.45, 2.75) is 13.8 Å². The van der Waals surface area contributed by atoms with Gasteiger partial charge in [0.1, 0.15) is 5.56 Å². The predicted molar refractivity (Wildman–Crippen MR) is 61.0 cm³/mol. The molecule has 0 unspecified atom stereocenters. The molecule has 0 atom stereocenters. The minimum absolute atomic E-state index is 0.206. The third kappa shape index (κ3) is 2.68. The van der Waals surface area contributed by atoms with Crippen molar-refractivity contribution in [1.29, 1.82) is 0 Å². The fraction of sp³-hybridized carbons (Fsp3) is 0.400. The number of carbonyl (C=O) groups is 1. The molecule has 0 radical (unpaired) electrons. The second kappa shape index (κ2) is 5.24. The standard InChI is InChI=1S/C10H13N3O4/c1-3-12(4-2)10(15)8-5-7(13(16)17)6-11-9(8)14/h5-6H,3-4H2,1-2H3,(H,11,14). The number of nitrogens with zero attached hydrogens (tertiary/aromatic N) is 2. The van der Waals surface area contributed by atoms with Crippen LogP contribution in [0.3, 0.4) is 0 Å². The highest BCUT2D eigenvalue weighted by molar-refractivity contribution is 5.94. The predicted octanol–water partition coefficient (Wildman–Crippen LogP) is 0.765. The van der Waals surface area contributed by atoms with Crippen molar-refractivity contribution in [3.8, 4) is 0 Å². The van der Waals surface area contributed by atoms with Gasteiger partial charge in [0.15, 0.2) is 0 Å². The number of pyridine rings is 1. The van der Waals surface area contributed by atoms with Crippen LogP contribution in [0.1, 0.15) is 24.2 Å². The molecule has 0 aliphatic heterocycles. The van der Waals surface area contributed by atoms with Gasteiger partial charge in [-0.05, 0) is 13.8 Å². The van der Waals surface area contributed by atoms with Crippen LogP contribution in [0.5, 0.6) is 0 Å². The Balaban J connectivity index is 3.21. The number of hydrogen-bond donors (Lipinski definition) is 1. The summed E-state index contributed by atoms with van der Waals surface area (Å²) in [4.78, 5) is 36.8. The van der Waals surface area contributed by atoms with Crippen molar-refractivity contribution in [2.24, 2.45) is 0 Å². The lowest BCUT2D eigenvalue weighted by molar-refractivity contribution is -0.385. The lowest BCUT2D eigenvalue weighted by Crippen LogP contribution is -2.34. The molecule has 1 amide bonds. The Morgan fingerprint density at radius 1 is 1.47 bits per heavy atom. The zero-order chi connectivity index (χ0) is 13.0. The Bertz CT molecular complexity index is 491. The topological polar surface area (TPSA) is 96.3 Å². The van der Waals surface area contributed by atoms with E-state index in [1.807, 2.05) is 0 Å². The lowest BCUT2D eigenvalue weighted by atomic mass is 10.2. The molecule has 1 heterocycles. The lowest BCUT2D eigenvalue weighted by Gasteiger charge is -2.17. The third-order valence-corrected chi connectivity index (χ3v) is 2.38. The fourth-order valence-corrected chi connectivity index (χ4v) is 1.42. The summed E-state index contributed by atoms with van der Waals surface area (Å²) in [7, 11) is 0. The first-order valence-corrected chi connectivity index (χ1v) is 5.17. The molecule has 0 saturated carbocycles. The van der Waals surface area contributed by atoms with Crippen LogP contribution >= 0.6 is 0 Å². The minimum atomic E-state index is -0.658. The molecule has 17 heavy (non-hydrogen) atoms. The summed E-state index contributed by atoms with van der Waals surface area (Å²) in [5.74, 6) is -0.500. The van der Waals surface area contributed by atoms with Crippen LogP contribution in [0.15, 0.2) is 17.1 Å². The van der Waals surface area contributed by atoms with Crippen LogP contribution in [0.4, 0.5) is 5.69 Å². The molecule has 0 spiro atoms. The van der Waals surface area contributed by atoms with Crippen molar-refractivity contribution in [2.75, 3.05) is 13.1 Å². The summed E-state index contributed by atoms with van der Waals surface area (Å²) in [5, 5.41) is 10.6. The van der Waals surface area contributed by atoms with Crippen LogP contribution in [0.2, 0.25) is 0 Å². The molecule has 7 nitrogen and oxygen atoms in total. The van der Waals surface area contributed by atoms with Crippen LogP contribution in [-0.2, 0) is 0 Å². The van der Waals surface area contributed by atoms with Crippen molar-refractivity contribution in [1.82, 2.24) is 9.88 Å². The molecule has 0 fully saturated rings. The number of carbonyl (C=O) groups excluding carboxylic acids is 1. The minimum Gasteiger partial charge on any atom is -0.339 e. The van der Waals surface area contributed by atoms with E-state index in [0.717, 1.165) is 12.3 Å². The summed E-state index contributed by atoms with van der Waals surface area (Å²) in [6, 6.07) is 0.999. The van der Waals surface area contributed by atoms with E-state index in [1.165, 1.54) is 4.90 Å². The molecule has 1 N–H and O–H groups in total. The van der Waals surface area contributed by atoms with Gasteiger partial charge < -0.3 is 9.88 Å². The van der Waals surface area contributed by atoms with E-state index >= 15 is 0 Å². The summed E-state index contributed by atoms with van der Waals surface area (Å²) in [6.45, 7) is 4.43. The number of rotatable bonds is 4. The SMILES string of the molecule is CCN(CC)C(=O)c1cc([N+](=O)[O-])c[nH]c1=O. The maximum atomic E-state index is 11.9. The monoisotopic (exact) mass is 239 g/mol. The maximum absolute atomic E-state index is 11.9. The van der Waals surface area contributed by atoms with Crippen LogP contribution in [0.25, 0.3) is 0 Å². The van der Waals surface area contributed by atoms with Gasteiger partial charge in [-0.15, -0.1) is 0 Å². The first-order chi connectivity index (χ1) is 8.01. The van der Waals surface area contributed by atoms with Gasteiger partial charge in [-0.2, -0.15) is 0 Å². The number of aromatic nitrogens is 1. The molecule has 7 heteroatoms. The first kappa shape index (κ1) is 12.9. The summed E-state index contributed by atoms with van der Waals surface area (Å²) >= 11 is 0. The van der Waals surface area contributed by atoms with E-state index < -0.39 is 16.4 Å². The van der Waals surface area contributed by atoms with Gasteiger partial charge in [0.25, 0.3) is 17.2 Å². The fourth-order valence-electron chi connectivity index (χ4n) is 1.42. The number of aromatic amines is 1. The van der Waals surface area contributed by atoms with Crippen molar-refractivity contribution >= 4 is 11.6 Å². The third-order valence-electron chi connectivity index (χ3n) is 2.38. The normalized spacial score (nSPS) is 10.0. The second-order valence-corrected chi connectivity index (χ2v) is 3.34. The first-order valence-electron chi connectivity index (χ1n) is 5.17. The highest BCUT2D eigenvalue weighted by atomic mass is 16.6. The van der Waals surface area contributed by atoms with E-state index in [2.05, 4.69) is 4.98 Å². The number of nitro groups is 1. The molecule has 0 saturated heterocycles. The van der Waals surface area contributed by atoms with Gasteiger partial charge in [-0.3, -0.25) is 19.7 Å².